The van der Waals surface area contributed by atoms with Crippen LogP contribution in [0.1, 0.15) is 38.7 Å². The molecule has 0 saturated carbocycles. The summed E-state index contributed by atoms with van der Waals surface area (Å²) < 4.78 is 0. The molecule has 21 heavy (non-hydrogen) atoms. The number of unbranched alkanes of at least 4 members (excludes halogenated alkanes) is 1. The Morgan fingerprint density at radius 3 is 3.00 bits per heavy atom. The van der Waals surface area contributed by atoms with Gasteiger partial charge in [-0.1, -0.05) is 44.9 Å². The summed E-state index contributed by atoms with van der Waals surface area (Å²) in [6.45, 7) is 4.63. The predicted molar refractivity (Wildman–Crippen MR) is 80.1 cm³/mol. The first-order chi connectivity index (χ1) is 10.2. The van der Waals surface area contributed by atoms with Crippen LogP contribution in [0, 0.1) is 5.92 Å². The molecule has 0 saturated heterocycles. The van der Waals surface area contributed by atoms with Crippen LogP contribution in [0.5, 0.6) is 0 Å². The number of rotatable bonds is 7. The summed E-state index contributed by atoms with van der Waals surface area (Å²) in [5.74, 6) is 0.793. The molecule has 0 radical (unpaired) electrons. The van der Waals surface area contributed by atoms with E-state index in [1.54, 1.807) is 0 Å². The van der Waals surface area contributed by atoms with Crippen LogP contribution in [0.4, 0.5) is 0 Å². The first-order valence-electron chi connectivity index (χ1n) is 7.31. The largest absolute Gasteiger partial charge is 0.352 e. The molecule has 6 nitrogen and oxygen atoms in total. The number of carbonyl (C=O) groups excluding carboxylic acids is 1. The fourth-order valence-electron chi connectivity index (χ4n) is 2.11. The highest BCUT2D eigenvalue weighted by Crippen LogP contribution is 2.15. The zero-order valence-electron chi connectivity index (χ0n) is 12.5. The van der Waals surface area contributed by atoms with Crippen molar-refractivity contribution < 1.29 is 4.79 Å². The van der Waals surface area contributed by atoms with Crippen molar-refractivity contribution in [1.29, 1.82) is 0 Å². The van der Waals surface area contributed by atoms with Gasteiger partial charge in [-0.25, -0.2) is 5.10 Å². The van der Waals surface area contributed by atoms with Crippen LogP contribution in [0.15, 0.2) is 24.3 Å². The van der Waals surface area contributed by atoms with Crippen molar-refractivity contribution in [3.8, 4) is 11.4 Å². The number of amides is 1. The van der Waals surface area contributed by atoms with Gasteiger partial charge < -0.3 is 5.32 Å². The Hall–Kier alpha value is -2.24. The second-order valence-electron chi connectivity index (χ2n) is 5.21. The summed E-state index contributed by atoms with van der Waals surface area (Å²) >= 11 is 0. The number of nitrogens with zero attached hydrogens (tertiary/aromatic N) is 3. The average Bonchev–Trinajstić information content (AvgIpc) is 3.05. The van der Waals surface area contributed by atoms with Crippen molar-refractivity contribution in [2.24, 2.45) is 5.92 Å². The minimum atomic E-state index is 0.0617. The Balaban J connectivity index is 1.91. The van der Waals surface area contributed by atoms with Crippen molar-refractivity contribution in [3.63, 3.8) is 0 Å². The van der Waals surface area contributed by atoms with E-state index in [-0.39, 0.29) is 11.8 Å². The van der Waals surface area contributed by atoms with Gasteiger partial charge in [-0.05, 0) is 28.5 Å². The van der Waals surface area contributed by atoms with Crippen LogP contribution in [0.2, 0.25) is 0 Å². The van der Waals surface area contributed by atoms with Gasteiger partial charge in [-0.2, -0.15) is 0 Å². The van der Waals surface area contributed by atoms with Gasteiger partial charge in [0.05, 0.1) is 0 Å². The Bertz CT molecular complexity index is 567. The summed E-state index contributed by atoms with van der Waals surface area (Å²) in [6.07, 6.45) is 3.14. The number of carbonyl (C=O) groups is 1. The minimum absolute atomic E-state index is 0.0617. The topological polar surface area (TPSA) is 83.6 Å². The smallest absolute Gasteiger partial charge is 0.223 e. The molecule has 1 heterocycles. The van der Waals surface area contributed by atoms with Gasteiger partial charge in [0.1, 0.15) is 0 Å². The van der Waals surface area contributed by atoms with Crippen molar-refractivity contribution in [3.05, 3.63) is 29.8 Å². The molecule has 1 unspecified atom stereocenters. The normalized spacial score (nSPS) is 12.1. The Morgan fingerprint density at radius 2 is 2.29 bits per heavy atom. The number of tetrazole rings is 1. The summed E-state index contributed by atoms with van der Waals surface area (Å²) in [4.78, 5) is 12.0. The number of aromatic amines is 1. The summed E-state index contributed by atoms with van der Waals surface area (Å²) in [5, 5.41) is 16.7. The van der Waals surface area contributed by atoms with E-state index in [9.17, 15) is 4.79 Å². The van der Waals surface area contributed by atoms with Crippen molar-refractivity contribution in [2.45, 2.75) is 39.7 Å². The lowest BCUT2D eigenvalue weighted by molar-refractivity contribution is -0.124. The maximum atomic E-state index is 12.0. The van der Waals surface area contributed by atoms with Crippen LogP contribution < -0.4 is 5.32 Å². The third kappa shape index (κ3) is 4.37. The van der Waals surface area contributed by atoms with Gasteiger partial charge in [0.25, 0.3) is 0 Å². The lowest BCUT2D eigenvalue weighted by atomic mass is 10.0. The molecule has 0 spiro atoms. The molecule has 1 amide bonds. The number of benzene rings is 1. The first-order valence-corrected chi connectivity index (χ1v) is 7.31. The van der Waals surface area contributed by atoms with Gasteiger partial charge in [-0.3, -0.25) is 4.79 Å². The molecule has 0 aliphatic carbocycles. The molecule has 0 fully saturated rings. The molecule has 2 N–H and O–H groups in total. The van der Waals surface area contributed by atoms with E-state index >= 15 is 0 Å². The molecule has 1 aromatic heterocycles. The molecular formula is C15H21N5O. The van der Waals surface area contributed by atoms with E-state index in [0.717, 1.165) is 30.4 Å². The van der Waals surface area contributed by atoms with Crippen LogP contribution in [-0.4, -0.2) is 26.5 Å². The van der Waals surface area contributed by atoms with Gasteiger partial charge >= 0.3 is 0 Å². The quantitative estimate of drug-likeness (QED) is 0.818. The van der Waals surface area contributed by atoms with Crippen molar-refractivity contribution >= 4 is 5.91 Å². The monoisotopic (exact) mass is 287 g/mol. The molecule has 2 rings (SSSR count). The summed E-state index contributed by atoms with van der Waals surface area (Å²) in [7, 11) is 0. The van der Waals surface area contributed by atoms with Crippen LogP contribution in [-0.2, 0) is 11.3 Å². The van der Waals surface area contributed by atoms with Crippen LogP contribution in [0.25, 0.3) is 11.4 Å². The lowest BCUT2D eigenvalue weighted by Crippen LogP contribution is -2.28. The van der Waals surface area contributed by atoms with Crippen LogP contribution >= 0.6 is 0 Å². The summed E-state index contributed by atoms with van der Waals surface area (Å²) in [5.41, 5.74) is 1.94. The zero-order valence-corrected chi connectivity index (χ0v) is 12.5. The fraction of sp³-hybridized carbons (Fsp3) is 0.467. The van der Waals surface area contributed by atoms with Crippen LogP contribution in [0.3, 0.4) is 0 Å². The van der Waals surface area contributed by atoms with E-state index in [1.165, 1.54) is 0 Å². The summed E-state index contributed by atoms with van der Waals surface area (Å²) in [6, 6.07) is 7.81. The fourth-order valence-corrected chi connectivity index (χ4v) is 2.11. The molecule has 6 heteroatoms. The first kappa shape index (κ1) is 15.2. The zero-order chi connectivity index (χ0) is 15.1. The molecule has 112 valence electrons. The van der Waals surface area contributed by atoms with E-state index in [0.29, 0.717) is 12.4 Å². The highest BCUT2D eigenvalue weighted by molar-refractivity contribution is 5.78. The molecule has 1 atom stereocenters. The highest BCUT2D eigenvalue weighted by atomic mass is 16.1. The molecule has 2 aromatic rings. The lowest BCUT2D eigenvalue weighted by Gasteiger charge is -2.12. The van der Waals surface area contributed by atoms with E-state index in [1.807, 2.05) is 31.2 Å². The third-order valence-corrected chi connectivity index (χ3v) is 3.45. The maximum Gasteiger partial charge on any atom is 0.223 e. The molecule has 0 bridgehead atoms. The maximum absolute atomic E-state index is 12.0. The number of hydrogen-bond acceptors (Lipinski definition) is 4. The van der Waals surface area contributed by atoms with E-state index in [2.05, 4.69) is 32.9 Å². The number of hydrogen-bond donors (Lipinski definition) is 2. The number of aromatic nitrogens is 4. The molecule has 0 aliphatic heterocycles. The number of nitrogens with one attached hydrogen (secondary N) is 2. The van der Waals surface area contributed by atoms with Gasteiger partial charge in [0.2, 0.25) is 5.91 Å². The van der Waals surface area contributed by atoms with Crippen molar-refractivity contribution in [1.82, 2.24) is 25.9 Å². The van der Waals surface area contributed by atoms with Gasteiger partial charge in [0.15, 0.2) is 5.82 Å². The number of H-pyrrole nitrogens is 1. The minimum Gasteiger partial charge on any atom is -0.352 e. The molecule has 0 aliphatic rings. The van der Waals surface area contributed by atoms with E-state index < -0.39 is 0 Å². The second kappa shape index (κ2) is 7.52. The van der Waals surface area contributed by atoms with Gasteiger partial charge in [-0.15, -0.1) is 5.10 Å². The Labute approximate surface area is 124 Å². The third-order valence-electron chi connectivity index (χ3n) is 3.45. The average molecular weight is 287 g/mol. The standard InChI is InChI=1S/C15H21N5O/c1-3-4-6-11(2)15(21)16-10-12-7-5-8-13(9-12)14-17-19-20-18-14/h5,7-9,11H,3-4,6,10H2,1-2H3,(H,16,21)(H,17,18,19,20). The molecule has 1 aromatic carbocycles. The Kier molecular flexibility index (Phi) is 5.43. The van der Waals surface area contributed by atoms with E-state index in [4.69, 9.17) is 0 Å². The Morgan fingerprint density at radius 1 is 1.43 bits per heavy atom. The highest BCUT2D eigenvalue weighted by Gasteiger charge is 2.11. The van der Waals surface area contributed by atoms with Gasteiger partial charge in [0, 0.05) is 18.0 Å². The SMILES string of the molecule is CCCCC(C)C(=O)NCc1cccc(-c2nnn[nH]2)c1. The predicted octanol–water partition coefficient (Wildman–Crippen LogP) is 2.31. The van der Waals surface area contributed by atoms with Crippen molar-refractivity contribution in [2.75, 3.05) is 0 Å². The second-order valence-corrected chi connectivity index (χ2v) is 5.21. The molecular weight excluding hydrogens is 266 g/mol.